The van der Waals surface area contributed by atoms with Gasteiger partial charge in [-0.1, -0.05) is 84.9 Å². The largest absolute Gasteiger partial charge is 0.313 e. The summed E-state index contributed by atoms with van der Waals surface area (Å²) in [6, 6.07) is 33.8. The van der Waals surface area contributed by atoms with Crippen molar-refractivity contribution in [3.8, 4) is 11.1 Å². The molecule has 178 valence electrons. The molecule has 0 unspecified atom stereocenters. The molecule has 0 aliphatic carbocycles. The molecule has 4 nitrogen and oxygen atoms in total. The molecule has 0 fully saturated rings. The van der Waals surface area contributed by atoms with Gasteiger partial charge in [-0.15, -0.1) is 0 Å². The van der Waals surface area contributed by atoms with Gasteiger partial charge >= 0.3 is 0 Å². The second kappa shape index (κ2) is 10.1. The number of rotatable bonds is 8. The molecule has 0 N–H and O–H groups in total. The Labute approximate surface area is 211 Å². The van der Waals surface area contributed by atoms with Crippen molar-refractivity contribution in [2.45, 2.75) is 6.42 Å². The molecule has 4 heteroatoms. The Hall–Kier alpha value is -4.28. The molecule has 0 aliphatic heterocycles. The van der Waals surface area contributed by atoms with Gasteiger partial charge in [0.15, 0.2) is 5.78 Å². The second-order valence-electron chi connectivity index (χ2n) is 9.33. The van der Waals surface area contributed by atoms with Gasteiger partial charge < -0.3 is 9.30 Å². The van der Waals surface area contributed by atoms with E-state index in [1.54, 1.807) is 6.07 Å². The number of ketones is 2. The third-order valence-electron chi connectivity index (χ3n) is 6.33. The molecular formula is C32H28N2O2. The number of carbonyl (C=O) groups excluding carboxylic acids is 2. The van der Waals surface area contributed by atoms with Crippen LogP contribution in [0.25, 0.3) is 16.6 Å². The molecule has 0 atom stereocenters. The van der Waals surface area contributed by atoms with Crippen LogP contribution in [0.1, 0.15) is 37.5 Å². The second-order valence-corrected chi connectivity index (χ2v) is 9.33. The van der Waals surface area contributed by atoms with E-state index < -0.39 is 0 Å². The van der Waals surface area contributed by atoms with Gasteiger partial charge in [-0.2, -0.15) is 0 Å². The Balaban J connectivity index is 1.53. The lowest BCUT2D eigenvalue weighted by molar-refractivity contribution is 0.0959. The topological polar surface area (TPSA) is 41.8 Å². The van der Waals surface area contributed by atoms with Gasteiger partial charge in [-0.05, 0) is 61.0 Å². The lowest BCUT2D eigenvalue weighted by Crippen LogP contribution is -2.21. The molecule has 0 aliphatic rings. The van der Waals surface area contributed by atoms with Crippen molar-refractivity contribution >= 4 is 17.1 Å². The van der Waals surface area contributed by atoms with Gasteiger partial charge in [-0.3, -0.25) is 9.59 Å². The van der Waals surface area contributed by atoms with Crippen LogP contribution in [0.4, 0.5) is 0 Å². The van der Waals surface area contributed by atoms with Crippen LogP contribution < -0.4 is 0 Å². The first-order valence-electron chi connectivity index (χ1n) is 12.1. The molecule has 0 bridgehead atoms. The standard InChI is InChI=1S/C32H28N2O2/c1-33(2)22-31(35)28-21-30(32(36)27-15-13-26(14-16-27)25-11-7-4-8-12-25)34-18-17-24(20-29(28)34)19-23-9-5-3-6-10-23/h3-18,20-21H,19,22H2,1-2H3. The van der Waals surface area contributed by atoms with Crippen LogP contribution in [0.3, 0.4) is 0 Å². The predicted octanol–water partition coefficient (Wildman–Crippen LogP) is 6.17. The molecule has 3 aromatic carbocycles. The number of hydrogen-bond acceptors (Lipinski definition) is 3. The Morgan fingerprint density at radius 3 is 2.03 bits per heavy atom. The first-order valence-corrected chi connectivity index (χ1v) is 12.1. The minimum absolute atomic E-state index is 0.00663. The van der Waals surface area contributed by atoms with Gasteiger partial charge in [0, 0.05) is 17.3 Å². The van der Waals surface area contributed by atoms with E-state index in [-0.39, 0.29) is 18.1 Å². The SMILES string of the molecule is CN(C)CC(=O)c1cc(C(=O)c2ccc(-c3ccccc3)cc2)n2ccc(Cc3ccccc3)cc12. The van der Waals surface area contributed by atoms with Crippen LogP contribution in [0, 0.1) is 0 Å². The number of Topliss-reactive ketones (excluding diaryl/α,β-unsaturated/α-hetero) is 1. The average Bonchev–Trinajstić information content (AvgIpc) is 3.28. The maximum absolute atomic E-state index is 13.6. The Morgan fingerprint density at radius 1 is 0.722 bits per heavy atom. The number of carbonyl (C=O) groups is 2. The Morgan fingerprint density at radius 2 is 1.36 bits per heavy atom. The highest BCUT2D eigenvalue weighted by Crippen LogP contribution is 2.25. The van der Waals surface area contributed by atoms with E-state index in [1.165, 1.54) is 5.56 Å². The fourth-order valence-corrected chi connectivity index (χ4v) is 4.55. The van der Waals surface area contributed by atoms with Crippen molar-refractivity contribution in [2.75, 3.05) is 20.6 Å². The van der Waals surface area contributed by atoms with Crippen LogP contribution in [0.2, 0.25) is 0 Å². The molecule has 0 saturated heterocycles. The van der Waals surface area contributed by atoms with Gasteiger partial charge in [0.2, 0.25) is 5.78 Å². The molecule has 0 amide bonds. The smallest absolute Gasteiger partial charge is 0.209 e. The van der Waals surface area contributed by atoms with E-state index in [2.05, 4.69) is 12.1 Å². The average molecular weight is 473 g/mol. The van der Waals surface area contributed by atoms with E-state index in [0.717, 1.165) is 28.6 Å². The van der Waals surface area contributed by atoms with Crippen molar-refractivity contribution in [1.82, 2.24) is 9.30 Å². The van der Waals surface area contributed by atoms with Crippen molar-refractivity contribution in [1.29, 1.82) is 0 Å². The summed E-state index contributed by atoms with van der Waals surface area (Å²) in [7, 11) is 3.74. The zero-order valence-corrected chi connectivity index (χ0v) is 20.5. The zero-order valence-electron chi connectivity index (χ0n) is 20.5. The highest BCUT2D eigenvalue weighted by Gasteiger charge is 2.21. The minimum atomic E-state index is -0.107. The van der Waals surface area contributed by atoms with E-state index >= 15 is 0 Å². The Bertz CT molecular complexity index is 1520. The lowest BCUT2D eigenvalue weighted by Gasteiger charge is -2.09. The monoisotopic (exact) mass is 472 g/mol. The number of benzene rings is 3. The third kappa shape index (κ3) is 4.90. The molecule has 0 saturated carbocycles. The van der Waals surface area contributed by atoms with Crippen molar-refractivity contribution in [2.24, 2.45) is 0 Å². The summed E-state index contributed by atoms with van der Waals surface area (Å²) in [6.45, 7) is 0.280. The molecule has 36 heavy (non-hydrogen) atoms. The van der Waals surface area contributed by atoms with Gasteiger partial charge in [0.25, 0.3) is 0 Å². The highest BCUT2D eigenvalue weighted by molar-refractivity contribution is 6.12. The fourth-order valence-electron chi connectivity index (χ4n) is 4.55. The third-order valence-corrected chi connectivity index (χ3v) is 6.33. The number of aromatic nitrogens is 1. The first kappa shape index (κ1) is 23.5. The van der Waals surface area contributed by atoms with Gasteiger partial charge in [-0.25, -0.2) is 0 Å². The van der Waals surface area contributed by atoms with Crippen molar-refractivity contribution in [3.63, 3.8) is 0 Å². The summed E-state index contributed by atoms with van der Waals surface area (Å²) >= 11 is 0. The molecule has 5 rings (SSSR count). The van der Waals surface area contributed by atoms with Crippen molar-refractivity contribution in [3.05, 3.63) is 137 Å². The number of fused-ring (bicyclic) bond motifs is 1. The summed E-state index contributed by atoms with van der Waals surface area (Å²) in [5, 5.41) is 0. The first-order chi connectivity index (χ1) is 17.5. The lowest BCUT2D eigenvalue weighted by atomic mass is 10.0. The van der Waals surface area contributed by atoms with Crippen molar-refractivity contribution < 1.29 is 9.59 Å². The fraction of sp³-hybridized carbons (Fsp3) is 0.125. The van der Waals surface area contributed by atoms with Crippen LogP contribution >= 0.6 is 0 Å². The maximum Gasteiger partial charge on any atom is 0.209 e. The van der Waals surface area contributed by atoms with E-state index in [4.69, 9.17) is 0 Å². The van der Waals surface area contributed by atoms with E-state index in [9.17, 15) is 9.59 Å². The predicted molar refractivity (Wildman–Crippen MR) is 145 cm³/mol. The highest BCUT2D eigenvalue weighted by atomic mass is 16.1. The summed E-state index contributed by atoms with van der Waals surface area (Å²) in [4.78, 5) is 28.6. The quantitative estimate of drug-likeness (QED) is 0.254. The number of pyridine rings is 1. The number of likely N-dealkylation sites (N-methyl/N-ethyl adjacent to an activating group) is 1. The van der Waals surface area contributed by atoms with Crippen LogP contribution in [-0.2, 0) is 6.42 Å². The zero-order chi connectivity index (χ0) is 25.1. The molecule has 5 aromatic rings. The van der Waals surface area contributed by atoms with Crippen LogP contribution in [0.15, 0.2) is 109 Å². The van der Waals surface area contributed by atoms with Crippen LogP contribution in [0.5, 0.6) is 0 Å². The molecule has 2 aromatic heterocycles. The summed E-state index contributed by atoms with van der Waals surface area (Å²) in [6.07, 6.45) is 2.67. The van der Waals surface area contributed by atoms with Gasteiger partial charge in [0.05, 0.1) is 17.8 Å². The molecule has 0 radical (unpaired) electrons. The molecular weight excluding hydrogens is 444 g/mol. The Kier molecular flexibility index (Phi) is 6.61. The summed E-state index contributed by atoms with van der Waals surface area (Å²) in [5.74, 6) is -0.114. The van der Waals surface area contributed by atoms with Crippen LogP contribution in [-0.4, -0.2) is 41.5 Å². The maximum atomic E-state index is 13.6. The number of nitrogens with zero attached hydrogens (tertiary/aromatic N) is 2. The normalized spacial score (nSPS) is 11.2. The van der Waals surface area contributed by atoms with Gasteiger partial charge in [0.1, 0.15) is 0 Å². The molecule has 0 spiro atoms. The summed E-state index contributed by atoms with van der Waals surface area (Å²) in [5.41, 5.74) is 6.87. The van der Waals surface area contributed by atoms with E-state index in [0.29, 0.717) is 16.8 Å². The minimum Gasteiger partial charge on any atom is -0.313 e. The van der Waals surface area contributed by atoms with E-state index in [1.807, 2.05) is 115 Å². The molecule has 2 heterocycles. The summed E-state index contributed by atoms with van der Waals surface area (Å²) < 4.78 is 1.85. The number of hydrogen-bond donors (Lipinski definition) is 0.